The third-order valence-corrected chi connectivity index (χ3v) is 15.7. The smallest absolute Gasteiger partial charge is 0.305 e. The molecule has 438 valence electrons. The molecule has 6 heteroatoms. The molecule has 0 saturated carbocycles. The molecule has 1 amide bonds. The summed E-state index contributed by atoms with van der Waals surface area (Å²) in [7, 11) is 0. The Kier molecular flexibility index (Phi) is 62.4. The zero-order valence-electron chi connectivity index (χ0n) is 50.1. The van der Waals surface area contributed by atoms with Crippen molar-refractivity contribution in [3.8, 4) is 0 Å². The molecule has 74 heavy (non-hydrogen) atoms. The van der Waals surface area contributed by atoms with E-state index in [4.69, 9.17) is 4.74 Å². The number of hydrogen-bond acceptors (Lipinski definition) is 5. The molecule has 0 fully saturated rings. The molecule has 0 saturated heterocycles. The van der Waals surface area contributed by atoms with Crippen molar-refractivity contribution in [3.63, 3.8) is 0 Å². The number of ether oxygens (including phenoxy) is 1. The summed E-state index contributed by atoms with van der Waals surface area (Å²) in [5, 5.41) is 23.1. The van der Waals surface area contributed by atoms with E-state index in [1.54, 1.807) is 6.08 Å². The molecule has 2 atom stereocenters. The standard InChI is InChI=1S/C68H131NO5/c1-3-5-7-9-11-13-15-17-19-20-31-34-38-42-46-50-54-58-62-68(73)74-63-59-55-51-47-43-39-35-32-29-27-25-23-21-22-24-26-28-30-33-37-41-45-49-53-57-61-67(72)69-65(64-70)66(71)60-56-52-48-44-40-36-18-16-14-12-10-8-6-4-2/h19-20,56,60,65-66,70-71H,3-18,21-55,57-59,61-64H2,1-2H3,(H,69,72)/b20-19-,60-56+. The van der Waals surface area contributed by atoms with Gasteiger partial charge >= 0.3 is 5.97 Å². The number of aliphatic hydroxyl groups is 2. The summed E-state index contributed by atoms with van der Waals surface area (Å²) in [4.78, 5) is 24.6. The molecule has 0 aliphatic heterocycles. The van der Waals surface area contributed by atoms with E-state index < -0.39 is 12.1 Å². The van der Waals surface area contributed by atoms with Crippen molar-refractivity contribution in [2.45, 2.75) is 386 Å². The van der Waals surface area contributed by atoms with E-state index in [9.17, 15) is 19.8 Å². The zero-order chi connectivity index (χ0) is 53.6. The van der Waals surface area contributed by atoms with Crippen molar-refractivity contribution in [2.24, 2.45) is 0 Å². The van der Waals surface area contributed by atoms with Crippen LogP contribution in [0.25, 0.3) is 0 Å². The van der Waals surface area contributed by atoms with E-state index in [0.717, 1.165) is 44.9 Å². The maximum Gasteiger partial charge on any atom is 0.305 e. The van der Waals surface area contributed by atoms with Gasteiger partial charge in [0, 0.05) is 12.8 Å². The molecule has 6 nitrogen and oxygen atoms in total. The number of rotatable bonds is 63. The van der Waals surface area contributed by atoms with Gasteiger partial charge in [-0.25, -0.2) is 0 Å². The van der Waals surface area contributed by atoms with E-state index in [1.807, 2.05) is 6.08 Å². The number of unbranched alkanes of at least 4 members (excludes halogenated alkanes) is 50. The quantitative estimate of drug-likeness (QED) is 0.0320. The lowest BCUT2D eigenvalue weighted by Crippen LogP contribution is -2.45. The van der Waals surface area contributed by atoms with Crippen LogP contribution in [0.2, 0.25) is 0 Å². The Morgan fingerprint density at radius 3 is 0.959 bits per heavy atom. The Hall–Kier alpha value is -1.66. The van der Waals surface area contributed by atoms with Gasteiger partial charge in [-0.05, 0) is 57.8 Å². The first-order chi connectivity index (χ1) is 36.5. The van der Waals surface area contributed by atoms with Gasteiger partial charge in [-0.15, -0.1) is 0 Å². The van der Waals surface area contributed by atoms with Gasteiger partial charge in [0.1, 0.15) is 0 Å². The Balaban J connectivity index is 3.36. The maximum absolute atomic E-state index is 12.5. The van der Waals surface area contributed by atoms with Gasteiger partial charge in [-0.3, -0.25) is 9.59 Å². The number of hydrogen-bond donors (Lipinski definition) is 3. The number of carbonyl (C=O) groups excluding carboxylic acids is 2. The maximum atomic E-state index is 12.5. The summed E-state index contributed by atoms with van der Waals surface area (Å²) in [5.74, 6) is -0.0509. The third-order valence-electron chi connectivity index (χ3n) is 15.7. The Morgan fingerprint density at radius 1 is 0.365 bits per heavy atom. The van der Waals surface area contributed by atoms with Gasteiger partial charge in [0.2, 0.25) is 5.91 Å². The molecule has 0 rings (SSSR count). The van der Waals surface area contributed by atoms with Crippen LogP contribution in [0.15, 0.2) is 24.3 Å². The highest BCUT2D eigenvalue weighted by Crippen LogP contribution is 2.18. The van der Waals surface area contributed by atoms with Gasteiger partial charge < -0.3 is 20.3 Å². The van der Waals surface area contributed by atoms with Crippen LogP contribution < -0.4 is 5.32 Å². The predicted octanol–water partition coefficient (Wildman–Crippen LogP) is 21.4. The van der Waals surface area contributed by atoms with E-state index in [2.05, 4.69) is 31.3 Å². The first kappa shape index (κ1) is 72.3. The summed E-state index contributed by atoms with van der Waals surface area (Å²) in [6.07, 6.45) is 79.6. The Labute approximate surface area is 462 Å². The van der Waals surface area contributed by atoms with Crippen LogP contribution in [-0.2, 0) is 14.3 Å². The SMILES string of the molecule is CCCCCCCCC/C=C\CCCCCCCCCC(=O)OCCCCCCCCCCCCCCCCCCCCCCCCCCCC(=O)NC(CO)C(O)/C=C/CCCCCCCCCCCCCC. The van der Waals surface area contributed by atoms with Crippen molar-refractivity contribution < 1.29 is 24.5 Å². The zero-order valence-corrected chi connectivity index (χ0v) is 50.1. The lowest BCUT2D eigenvalue weighted by atomic mass is 10.0. The third kappa shape index (κ3) is 59.6. The molecule has 0 spiro atoms. The van der Waals surface area contributed by atoms with E-state index in [-0.39, 0.29) is 18.5 Å². The number of nitrogens with one attached hydrogen (secondary N) is 1. The molecule has 2 unspecified atom stereocenters. The number of carbonyl (C=O) groups is 2. The summed E-state index contributed by atoms with van der Waals surface area (Å²) in [5.41, 5.74) is 0. The van der Waals surface area contributed by atoms with E-state index >= 15 is 0 Å². The predicted molar refractivity (Wildman–Crippen MR) is 324 cm³/mol. The largest absolute Gasteiger partial charge is 0.466 e. The van der Waals surface area contributed by atoms with Crippen molar-refractivity contribution in [2.75, 3.05) is 13.2 Å². The molecule has 0 aromatic rings. The average molecular weight is 1040 g/mol. The first-order valence-corrected chi connectivity index (χ1v) is 33.6. The number of aliphatic hydroxyl groups excluding tert-OH is 2. The number of esters is 1. The van der Waals surface area contributed by atoms with Gasteiger partial charge in [-0.1, -0.05) is 327 Å². The highest BCUT2D eigenvalue weighted by Gasteiger charge is 2.18. The fourth-order valence-corrected chi connectivity index (χ4v) is 10.6. The number of allylic oxidation sites excluding steroid dienone is 3. The van der Waals surface area contributed by atoms with Gasteiger partial charge in [0.15, 0.2) is 0 Å². The van der Waals surface area contributed by atoms with Crippen LogP contribution >= 0.6 is 0 Å². The lowest BCUT2D eigenvalue weighted by Gasteiger charge is -2.20. The molecule has 0 radical (unpaired) electrons. The second-order valence-electron chi connectivity index (χ2n) is 23.2. The highest BCUT2D eigenvalue weighted by atomic mass is 16.5. The molecule has 0 aliphatic carbocycles. The minimum absolute atomic E-state index is 0.0136. The highest BCUT2D eigenvalue weighted by molar-refractivity contribution is 5.76. The summed E-state index contributed by atoms with van der Waals surface area (Å²) >= 11 is 0. The van der Waals surface area contributed by atoms with Crippen molar-refractivity contribution in [3.05, 3.63) is 24.3 Å². The molecule has 0 aromatic carbocycles. The number of amides is 1. The van der Waals surface area contributed by atoms with Crippen LogP contribution in [0.4, 0.5) is 0 Å². The molecular weight excluding hydrogens is 911 g/mol. The molecule has 3 N–H and O–H groups in total. The summed E-state index contributed by atoms with van der Waals surface area (Å²) in [6, 6.07) is -0.626. The van der Waals surface area contributed by atoms with Crippen LogP contribution in [0.5, 0.6) is 0 Å². The monoisotopic (exact) mass is 1040 g/mol. The molecule has 0 bridgehead atoms. The van der Waals surface area contributed by atoms with E-state index in [1.165, 1.54) is 302 Å². The first-order valence-electron chi connectivity index (χ1n) is 33.6. The van der Waals surface area contributed by atoms with Gasteiger partial charge in [0.05, 0.1) is 25.4 Å². The Morgan fingerprint density at radius 2 is 0.635 bits per heavy atom. The second-order valence-corrected chi connectivity index (χ2v) is 23.2. The van der Waals surface area contributed by atoms with Gasteiger partial charge in [0.25, 0.3) is 0 Å². The fraction of sp³-hybridized carbons (Fsp3) is 0.912. The minimum Gasteiger partial charge on any atom is -0.466 e. The average Bonchev–Trinajstić information content (AvgIpc) is 3.40. The lowest BCUT2D eigenvalue weighted by molar-refractivity contribution is -0.143. The van der Waals surface area contributed by atoms with E-state index in [0.29, 0.717) is 19.4 Å². The topological polar surface area (TPSA) is 95.9 Å². The van der Waals surface area contributed by atoms with Crippen LogP contribution in [0, 0.1) is 0 Å². The van der Waals surface area contributed by atoms with Crippen LogP contribution in [-0.4, -0.2) is 47.4 Å². The normalized spacial score (nSPS) is 12.6. The Bertz CT molecular complexity index is 1150. The summed E-state index contributed by atoms with van der Waals surface area (Å²) in [6.45, 7) is 4.93. The minimum atomic E-state index is -0.842. The fourth-order valence-electron chi connectivity index (χ4n) is 10.6. The van der Waals surface area contributed by atoms with Crippen molar-refractivity contribution in [1.29, 1.82) is 0 Å². The molecular formula is C68H131NO5. The van der Waals surface area contributed by atoms with Crippen LogP contribution in [0.3, 0.4) is 0 Å². The van der Waals surface area contributed by atoms with Crippen molar-refractivity contribution in [1.82, 2.24) is 5.32 Å². The second kappa shape index (κ2) is 63.9. The molecule has 0 aromatic heterocycles. The van der Waals surface area contributed by atoms with Gasteiger partial charge in [-0.2, -0.15) is 0 Å². The molecule has 0 heterocycles. The van der Waals surface area contributed by atoms with Crippen LogP contribution in [0.1, 0.15) is 373 Å². The summed E-state index contributed by atoms with van der Waals surface area (Å²) < 4.78 is 5.50. The molecule has 0 aliphatic rings. The van der Waals surface area contributed by atoms with Crippen molar-refractivity contribution >= 4 is 11.9 Å².